The molecule has 1 heterocycles. The van der Waals surface area contributed by atoms with E-state index in [2.05, 4.69) is 20.7 Å². The summed E-state index contributed by atoms with van der Waals surface area (Å²) in [6, 6.07) is 9.32. The van der Waals surface area contributed by atoms with E-state index in [4.69, 9.17) is 10.6 Å². The molecule has 0 radical (unpaired) electrons. The molecule has 6 nitrogen and oxygen atoms in total. The van der Waals surface area contributed by atoms with Gasteiger partial charge in [0.25, 0.3) is 0 Å². The SMILES string of the molecule is COc1ccc(Nc2cc(NN)nc(SC)n2)cc1. The molecule has 0 bridgehead atoms. The Labute approximate surface area is 115 Å². The van der Waals surface area contributed by atoms with Crippen LogP contribution in [0.5, 0.6) is 5.75 Å². The Morgan fingerprint density at radius 2 is 1.84 bits per heavy atom. The Morgan fingerprint density at radius 1 is 1.16 bits per heavy atom. The number of hydrogen-bond donors (Lipinski definition) is 3. The largest absolute Gasteiger partial charge is 0.497 e. The van der Waals surface area contributed by atoms with Crippen LogP contribution in [0.4, 0.5) is 17.3 Å². The minimum absolute atomic E-state index is 0.565. The lowest BCUT2D eigenvalue weighted by atomic mass is 10.3. The molecular formula is C12H15N5OS. The number of rotatable bonds is 5. The highest BCUT2D eigenvalue weighted by Crippen LogP contribution is 2.22. The van der Waals surface area contributed by atoms with Crippen molar-refractivity contribution in [3.05, 3.63) is 30.3 Å². The van der Waals surface area contributed by atoms with Crippen LogP contribution in [0, 0.1) is 0 Å². The third-order valence-electron chi connectivity index (χ3n) is 2.40. The number of nitrogens with one attached hydrogen (secondary N) is 2. The van der Waals surface area contributed by atoms with E-state index in [1.165, 1.54) is 11.8 Å². The molecule has 0 aliphatic heterocycles. The Morgan fingerprint density at radius 3 is 2.42 bits per heavy atom. The van der Waals surface area contributed by atoms with E-state index in [0.717, 1.165) is 11.4 Å². The first-order chi connectivity index (χ1) is 9.25. The smallest absolute Gasteiger partial charge is 0.191 e. The number of methoxy groups -OCH3 is 1. The number of anilines is 3. The Balaban J connectivity index is 2.21. The summed E-state index contributed by atoms with van der Waals surface area (Å²) in [5, 5.41) is 3.83. The van der Waals surface area contributed by atoms with Gasteiger partial charge in [0.15, 0.2) is 5.16 Å². The first kappa shape index (κ1) is 13.4. The lowest BCUT2D eigenvalue weighted by Gasteiger charge is -2.09. The zero-order chi connectivity index (χ0) is 13.7. The summed E-state index contributed by atoms with van der Waals surface area (Å²) >= 11 is 1.45. The van der Waals surface area contributed by atoms with E-state index < -0.39 is 0 Å². The van der Waals surface area contributed by atoms with Gasteiger partial charge in [-0.25, -0.2) is 15.8 Å². The van der Waals surface area contributed by atoms with Crippen molar-refractivity contribution >= 4 is 29.1 Å². The van der Waals surface area contributed by atoms with Crippen LogP contribution >= 0.6 is 11.8 Å². The monoisotopic (exact) mass is 277 g/mol. The number of thioether (sulfide) groups is 1. The van der Waals surface area contributed by atoms with Crippen LogP contribution in [0.3, 0.4) is 0 Å². The van der Waals surface area contributed by atoms with Gasteiger partial charge < -0.3 is 15.5 Å². The topological polar surface area (TPSA) is 85.1 Å². The number of hydrazine groups is 1. The van der Waals surface area contributed by atoms with Crippen LogP contribution in [0.1, 0.15) is 0 Å². The number of aromatic nitrogens is 2. The van der Waals surface area contributed by atoms with E-state index in [1.54, 1.807) is 13.2 Å². The zero-order valence-electron chi connectivity index (χ0n) is 10.7. The molecule has 100 valence electrons. The maximum Gasteiger partial charge on any atom is 0.191 e. The Bertz CT molecular complexity index is 524. The van der Waals surface area contributed by atoms with Gasteiger partial charge in [0.05, 0.1) is 7.11 Å². The van der Waals surface area contributed by atoms with Crippen LogP contribution in [0.25, 0.3) is 0 Å². The number of nitrogens with two attached hydrogens (primary N) is 1. The van der Waals surface area contributed by atoms with Crippen LogP contribution in [-0.4, -0.2) is 23.3 Å². The normalized spacial score (nSPS) is 10.1. The van der Waals surface area contributed by atoms with Crippen LogP contribution in [0.15, 0.2) is 35.5 Å². The fraction of sp³-hybridized carbons (Fsp3) is 0.167. The molecule has 0 aliphatic carbocycles. The second kappa shape index (κ2) is 6.26. The molecule has 0 amide bonds. The molecule has 7 heteroatoms. The molecule has 2 rings (SSSR count). The molecule has 19 heavy (non-hydrogen) atoms. The maximum absolute atomic E-state index is 5.38. The van der Waals surface area contributed by atoms with Gasteiger partial charge in [-0.2, -0.15) is 0 Å². The van der Waals surface area contributed by atoms with Crippen molar-refractivity contribution in [1.29, 1.82) is 0 Å². The van der Waals surface area contributed by atoms with Crippen molar-refractivity contribution in [3.63, 3.8) is 0 Å². The second-order valence-electron chi connectivity index (χ2n) is 3.62. The lowest BCUT2D eigenvalue weighted by molar-refractivity contribution is 0.415. The summed E-state index contributed by atoms with van der Waals surface area (Å²) in [4.78, 5) is 8.55. The highest BCUT2D eigenvalue weighted by molar-refractivity contribution is 7.98. The number of hydrogen-bond acceptors (Lipinski definition) is 7. The maximum atomic E-state index is 5.38. The van der Waals surface area contributed by atoms with Gasteiger partial charge in [-0.05, 0) is 30.5 Å². The number of nitrogens with zero attached hydrogens (tertiary/aromatic N) is 2. The molecule has 0 saturated heterocycles. The number of nitrogen functional groups attached to an aromatic ring is 1. The third-order valence-corrected chi connectivity index (χ3v) is 2.95. The van der Waals surface area contributed by atoms with Crippen molar-refractivity contribution in [2.45, 2.75) is 5.16 Å². The predicted octanol–water partition coefficient (Wildman–Crippen LogP) is 2.24. The first-order valence-corrected chi connectivity index (χ1v) is 6.78. The van der Waals surface area contributed by atoms with Crippen molar-refractivity contribution < 1.29 is 4.74 Å². The zero-order valence-corrected chi connectivity index (χ0v) is 11.5. The first-order valence-electron chi connectivity index (χ1n) is 5.56. The van der Waals surface area contributed by atoms with Gasteiger partial charge >= 0.3 is 0 Å². The summed E-state index contributed by atoms with van der Waals surface area (Å²) in [5.41, 5.74) is 3.43. The van der Waals surface area contributed by atoms with E-state index in [0.29, 0.717) is 16.8 Å². The van der Waals surface area contributed by atoms with E-state index in [-0.39, 0.29) is 0 Å². The molecule has 0 unspecified atom stereocenters. The second-order valence-corrected chi connectivity index (χ2v) is 4.40. The molecule has 0 fully saturated rings. The summed E-state index contributed by atoms with van der Waals surface area (Å²) in [6.07, 6.45) is 1.91. The fourth-order valence-corrected chi connectivity index (χ4v) is 1.86. The van der Waals surface area contributed by atoms with Gasteiger partial charge in [-0.1, -0.05) is 11.8 Å². The van der Waals surface area contributed by atoms with Crippen LogP contribution < -0.4 is 21.3 Å². The van der Waals surface area contributed by atoms with Crippen LogP contribution in [-0.2, 0) is 0 Å². The number of benzene rings is 1. The van der Waals surface area contributed by atoms with Crippen molar-refractivity contribution in [1.82, 2.24) is 9.97 Å². The van der Waals surface area contributed by atoms with Crippen molar-refractivity contribution in [2.24, 2.45) is 5.84 Å². The molecule has 4 N–H and O–H groups in total. The average Bonchev–Trinajstić information content (AvgIpc) is 2.47. The highest BCUT2D eigenvalue weighted by Gasteiger charge is 2.03. The average molecular weight is 277 g/mol. The summed E-state index contributed by atoms with van der Waals surface area (Å²) in [7, 11) is 1.64. The summed E-state index contributed by atoms with van der Waals surface area (Å²) in [5.74, 6) is 7.43. The molecule has 0 atom stereocenters. The molecule has 0 saturated carbocycles. The van der Waals surface area contributed by atoms with Gasteiger partial charge in [0.2, 0.25) is 0 Å². The van der Waals surface area contributed by atoms with Gasteiger partial charge in [0, 0.05) is 11.8 Å². The molecular weight excluding hydrogens is 262 g/mol. The molecule has 1 aromatic carbocycles. The summed E-state index contributed by atoms with van der Waals surface area (Å²) in [6.45, 7) is 0. The Hall–Kier alpha value is -1.99. The third kappa shape index (κ3) is 3.49. The van der Waals surface area contributed by atoms with Gasteiger partial charge in [-0.3, -0.25) is 0 Å². The van der Waals surface area contributed by atoms with Gasteiger partial charge in [0.1, 0.15) is 17.4 Å². The van der Waals surface area contributed by atoms with E-state index in [9.17, 15) is 0 Å². The van der Waals surface area contributed by atoms with Crippen molar-refractivity contribution in [3.8, 4) is 5.75 Å². The molecule has 0 aliphatic rings. The van der Waals surface area contributed by atoms with E-state index in [1.807, 2.05) is 30.5 Å². The Kier molecular flexibility index (Phi) is 4.43. The van der Waals surface area contributed by atoms with Crippen LogP contribution in [0.2, 0.25) is 0 Å². The number of ether oxygens (including phenoxy) is 1. The standard InChI is InChI=1S/C12H15N5OS/c1-18-9-5-3-8(4-6-9)14-10-7-11(17-13)16-12(15-10)19-2/h3-7H,13H2,1-2H3,(H2,14,15,16,17). The van der Waals surface area contributed by atoms with Crippen molar-refractivity contribution in [2.75, 3.05) is 24.1 Å². The summed E-state index contributed by atoms with van der Waals surface area (Å²) < 4.78 is 5.11. The quantitative estimate of drug-likeness (QED) is 0.334. The van der Waals surface area contributed by atoms with E-state index >= 15 is 0 Å². The minimum atomic E-state index is 0.565. The molecule has 0 spiro atoms. The van der Waals surface area contributed by atoms with Gasteiger partial charge in [-0.15, -0.1) is 0 Å². The highest BCUT2D eigenvalue weighted by atomic mass is 32.2. The molecule has 1 aromatic heterocycles. The fourth-order valence-electron chi connectivity index (χ4n) is 1.48. The molecule has 2 aromatic rings. The minimum Gasteiger partial charge on any atom is -0.497 e. The lowest BCUT2D eigenvalue weighted by Crippen LogP contribution is -2.10. The predicted molar refractivity (Wildman–Crippen MR) is 77.9 cm³/mol.